The predicted octanol–water partition coefficient (Wildman–Crippen LogP) is 4.71. The number of aromatic nitrogens is 2. The number of nitro groups is 1. The van der Waals surface area contributed by atoms with Crippen LogP contribution < -0.4 is 10.6 Å². The first kappa shape index (κ1) is 24.1. The van der Waals surface area contributed by atoms with Crippen molar-refractivity contribution in [1.29, 1.82) is 0 Å². The van der Waals surface area contributed by atoms with Crippen LogP contribution in [0.2, 0.25) is 5.02 Å². The number of anilines is 1. The monoisotopic (exact) mass is 481 g/mol. The summed E-state index contributed by atoms with van der Waals surface area (Å²) in [4.78, 5) is 27.2. The maximum Gasteiger partial charge on any atom is 0.416 e. The second-order valence-electron chi connectivity index (χ2n) is 7.11. The second kappa shape index (κ2) is 9.90. The van der Waals surface area contributed by atoms with Crippen molar-refractivity contribution in [3.63, 3.8) is 0 Å². The highest BCUT2D eigenvalue weighted by atomic mass is 35.5. The maximum absolute atomic E-state index is 12.8. The lowest BCUT2D eigenvalue weighted by atomic mass is 10.1. The molecule has 0 fully saturated rings. The minimum atomic E-state index is -4.70. The van der Waals surface area contributed by atoms with Gasteiger partial charge in [-0.15, -0.1) is 0 Å². The fourth-order valence-corrected chi connectivity index (χ4v) is 3.29. The number of hydrogen-bond donors (Lipinski definition) is 2. The highest BCUT2D eigenvalue weighted by molar-refractivity contribution is 6.30. The van der Waals surface area contributed by atoms with Crippen molar-refractivity contribution < 1.29 is 22.9 Å². The smallest absolute Gasteiger partial charge is 0.379 e. The molecule has 8 nitrogen and oxygen atoms in total. The van der Waals surface area contributed by atoms with Gasteiger partial charge in [-0.3, -0.25) is 14.9 Å². The predicted molar refractivity (Wildman–Crippen MR) is 116 cm³/mol. The Hall–Kier alpha value is -3.60. The zero-order valence-electron chi connectivity index (χ0n) is 17.3. The zero-order chi connectivity index (χ0) is 24.2. The van der Waals surface area contributed by atoms with Gasteiger partial charge >= 0.3 is 6.18 Å². The second-order valence-corrected chi connectivity index (χ2v) is 7.55. The third kappa shape index (κ3) is 6.01. The van der Waals surface area contributed by atoms with E-state index in [4.69, 9.17) is 11.6 Å². The summed E-state index contributed by atoms with van der Waals surface area (Å²) < 4.78 is 40.3. The lowest BCUT2D eigenvalue weighted by Gasteiger charge is -2.19. The van der Waals surface area contributed by atoms with E-state index in [1.807, 2.05) is 0 Å². The van der Waals surface area contributed by atoms with Crippen LogP contribution in [-0.4, -0.2) is 26.9 Å². The highest BCUT2D eigenvalue weighted by Gasteiger charge is 2.33. The Morgan fingerprint density at radius 3 is 2.52 bits per heavy atom. The van der Waals surface area contributed by atoms with Gasteiger partial charge in [0, 0.05) is 43.5 Å². The molecule has 0 bridgehead atoms. The van der Waals surface area contributed by atoms with Crippen molar-refractivity contribution >= 4 is 28.9 Å². The summed E-state index contributed by atoms with van der Waals surface area (Å²) in [6.07, 6.45) is -1.47. The number of halogens is 4. The van der Waals surface area contributed by atoms with Gasteiger partial charge in [0.05, 0.1) is 10.5 Å². The summed E-state index contributed by atoms with van der Waals surface area (Å²) >= 11 is 5.95. The molecular formula is C21H19ClF3N5O3. The molecule has 0 aliphatic rings. The largest absolute Gasteiger partial charge is 0.416 e. The van der Waals surface area contributed by atoms with Crippen molar-refractivity contribution in [2.45, 2.75) is 18.6 Å². The zero-order valence-corrected chi connectivity index (χ0v) is 18.0. The Kier molecular flexibility index (Phi) is 7.22. The van der Waals surface area contributed by atoms with Gasteiger partial charge in [0.1, 0.15) is 17.6 Å². The number of imidazole rings is 1. The molecule has 0 unspecified atom stereocenters. The average Bonchev–Trinajstić information content (AvgIpc) is 3.17. The number of nitro benzene ring substituents is 1. The first-order valence-electron chi connectivity index (χ1n) is 9.68. The molecule has 0 saturated heterocycles. The number of carbonyl (C=O) groups is 1. The van der Waals surface area contributed by atoms with Gasteiger partial charge in [-0.1, -0.05) is 23.7 Å². The van der Waals surface area contributed by atoms with Crippen LogP contribution in [0.3, 0.4) is 0 Å². The molecule has 2 aromatic carbocycles. The molecular weight excluding hydrogens is 463 g/mol. The number of nitrogens with zero attached hydrogens (tertiary/aromatic N) is 3. The molecule has 0 saturated carbocycles. The van der Waals surface area contributed by atoms with Crippen LogP contribution in [0.5, 0.6) is 0 Å². The van der Waals surface area contributed by atoms with Gasteiger partial charge in [-0.25, -0.2) is 4.98 Å². The number of benzene rings is 2. The Bertz CT molecular complexity index is 1150. The Balaban J connectivity index is 1.69. The fraction of sp³-hybridized carbons (Fsp3) is 0.238. The van der Waals surface area contributed by atoms with E-state index in [0.29, 0.717) is 16.9 Å². The number of carbonyl (C=O) groups excluding carboxylic acids is 1. The normalized spacial score (nSPS) is 12.3. The van der Waals surface area contributed by atoms with Crippen molar-refractivity contribution in [3.05, 3.63) is 86.9 Å². The van der Waals surface area contributed by atoms with E-state index in [1.54, 1.807) is 48.3 Å². The van der Waals surface area contributed by atoms with Crippen LogP contribution >= 0.6 is 11.6 Å². The molecule has 0 spiro atoms. The van der Waals surface area contributed by atoms with Crippen molar-refractivity contribution in [3.8, 4) is 0 Å². The molecule has 1 amide bonds. The van der Waals surface area contributed by atoms with Crippen LogP contribution in [0.4, 0.5) is 24.5 Å². The molecule has 33 heavy (non-hydrogen) atoms. The topological polar surface area (TPSA) is 102 Å². The van der Waals surface area contributed by atoms with Crippen LogP contribution in [0.15, 0.2) is 54.9 Å². The van der Waals surface area contributed by atoms with Crippen molar-refractivity contribution in [1.82, 2.24) is 14.9 Å². The standard InChI is InChI=1S/C21H19ClF3N5O3/c1-29-11-10-27-20(29)19(13-2-5-15(22)6-3-13)28-18(31)8-9-26-16-7-4-14(21(23,24)25)12-17(16)30(32)33/h2-7,10-12,19,26H,8-9H2,1H3,(H,28,31)/t19-/m1/s1. The summed E-state index contributed by atoms with van der Waals surface area (Å²) in [5, 5.41) is 17.2. The van der Waals surface area contributed by atoms with Crippen molar-refractivity contribution in [2.75, 3.05) is 11.9 Å². The molecule has 174 valence electrons. The number of aryl methyl sites for hydroxylation is 1. The van der Waals surface area contributed by atoms with E-state index in [0.717, 1.165) is 17.7 Å². The van der Waals surface area contributed by atoms with E-state index in [2.05, 4.69) is 15.6 Å². The molecule has 12 heteroatoms. The van der Waals surface area contributed by atoms with E-state index >= 15 is 0 Å². The van der Waals surface area contributed by atoms with Gasteiger partial charge in [-0.2, -0.15) is 13.2 Å². The highest BCUT2D eigenvalue weighted by Crippen LogP contribution is 2.35. The summed E-state index contributed by atoms with van der Waals surface area (Å²) in [7, 11) is 1.78. The molecule has 0 aliphatic carbocycles. The van der Waals surface area contributed by atoms with Gasteiger partial charge in [0.2, 0.25) is 5.91 Å². The molecule has 3 aromatic rings. The van der Waals surface area contributed by atoms with E-state index in [1.165, 1.54) is 0 Å². The van der Waals surface area contributed by atoms with Crippen LogP contribution in [0, 0.1) is 10.1 Å². The van der Waals surface area contributed by atoms with Crippen LogP contribution in [0.25, 0.3) is 0 Å². The molecule has 1 heterocycles. The Morgan fingerprint density at radius 2 is 1.94 bits per heavy atom. The Labute approximate surface area is 191 Å². The van der Waals surface area contributed by atoms with E-state index in [-0.39, 0.29) is 24.6 Å². The summed E-state index contributed by atoms with van der Waals surface area (Å²) in [5.41, 5.74) is -1.22. The van der Waals surface area contributed by atoms with Crippen LogP contribution in [-0.2, 0) is 18.0 Å². The van der Waals surface area contributed by atoms with Gasteiger partial charge in [0.15, 0.2) is 0 Å². The van der Waals surface area contributed by atoms with Crippen molar-refractivity contribution in [2.24, 2.45) is 7.05 Å². The summed E-state index contributed by atoms with van der Waals surface area (Å²) in [6, 6.07) is 8.48. The lowest BCUT2D eigenvalue weighted by Crippen LogP contribution is -2.32. The summed E-state index contributed by atoms with van der Waals surface area (Å²) in [5.74, 6) is 0.192. The number of amides is 1. The number of rotatable bonds is 8. The first-order valence-corrected chi connectivity index (χ1v) is 10.1. The SMILES string of the molecule is Cn1ccnc1[C@H](NC(=O)CCNc1ccc(C(F)(F)F)cc1[N+](=O)[O-])c1ccc(Cl)cc1. The van der Waals surface area contributed by atoms with Gasteiger partial charge < -0.3 is 15.2 Å². The average molecular weight is 482 g/mol. The minimum absolute atomic E-state index is 0.0358. The first-order chi connectivity index (χ1) is 15.6. The summed E-state index contributed by atoms with van der Waals surface area (Å²) in [6.45, 7) is -0.0358. The third-order valence-corrected chi connectivity index (χ3v) is 5.07. The van der Waals surface area contributed by atoms with Crippen LogP contribution in [0.1, 0.15) is 29.4 Å². The molecule has 0 aliphatic heterocycles. The van der Waals surface area contributed by atoms with Gasteiger partial charge in [0.25, 0.3) is 5.69 Å². The maximum atomic E-state index is 12.8. The third-order valence-electron chi connectivity index (χ3n) is 4.81. The Morgan fingerprint density at radius 1 is 1.24 bits per heavy atom. The molecule has 2 N–H and O–H groups in total. The van der Waals surface area contributed by atoms with E-state index < -0.39 is 28.4 Å². The van der Waals surface area contributed by atoms with Gasteiger partial charge in [-0.05, 0) is 29.8 Å². The molecule has 1 atom stereocenters. The molecule has 0 radical (unpaired) electrons. The number of alkyl halides is 3. The quantitative estimate of drug-likeness (QED) is 0.358. The molecule has 1 aromatic heterocycles. The fourth-order valence-electron chi connectivity index (χ4n) is 3.16. The number of nitrogens with one attached hydrogen (secondary N) is 2. The lowest BCUT2D eigenvalue weighted by molar-refractivity contribution is -0.384. The van der Waals surface area contributed by atoms with E-state index in [9.17, 15) is 28.1 Å². The number of hydrogen-bond acceptors (Lipinski definition) is 5. The minimum Gasteiger partial charge on any atom is -0.379 e. The molecule has 3 rings (SSSR count).